The molecule has 0 radical (unpaired) electrons. The minimum absolute atomic E-state index is 0.0578. The SMILES string of the molecule is COc1ccc2cc1-c1cccc(c1)OCC(=O)NCc1ccc(cc1)O[C@@H]1CCN(C(=O)c3cc(-c4ccccc4O)n[nH]3)C[C@H]1NC2=O. The molecule has 8 rings (SSSR count). The second-order valence-corrected chi connectivity index (χ2v) is 12.1. The molecule has 0 unspecified atom stereocenters. The lowest BCUT2D eigenvalue weighted by atomic mass is 9.99. The van der Waals surface area contributed by atoms with Gasteiger partial charge in [0.25, 0.3) is 17.7 Å². The van der Waals surface area contributed by atoms with Crippen molar-refractivity contribution in [2.75, 3.05) is 26.8 Å². The molecular weight excluding hydrogens is 638 g/mol. The predicted octanol–water partition coefficient (Wildman–Crippen LogP) is 4.56. The second kappa shape index (κ2) is 14.0. The summed E-state index contributed by atoms with van der Waals surface area (Å²) >= 11 is 0. The van der Waals surface area contributed by atoms with Gasteiger partial charge in [0.1, 0.15) is 34.8 Å². The molecule has 1 fully saturated rings. The fourth-order valence-corrected chi connectivity index (χ4v) is 6.17. The van der Waals surface area contributed by atoms with Crippen LogP contribution in [0, 0.1) is 0 Å². The monoisotopic (exact) mass is 673 g/mol. The number of phenols is 1. The van der Waals surface area contributed by atoms with E-state index in [9.17, 15) is 19.5 Å². The number of piperidine rings is 1. The summed E-state index contributed by atoms with van der Waals surface area (Å²) in [5.41, 5.74) is 3.86. The Labute approximate surface area is 288 Å². The lowest BCUT2D eigenvalue weighted by molar-refractivity contribution is -0.123. The fraction of sp³-hybridized carbons (Fsp3) is 0.211. The number of hydrogen-bond donors (Lipinski definition) is 4. The Bertz CT molecular complexity index is 2040. The maximum absolute atomic E-state index is 13.9. The normalized spacial score (nSPS) is 17.7. The average Bonchev–Trinajstić information content (AvgIpc) is 3.64. The van der Waals surface area contributed by atoms with Crippen LogP contribution in [0.3, 0.4) is 0 Å². The van der Waals surface area contributed by atoms with Gasteiger partial charge in [0, 0.05) is 42.7 Å². The lowest BCUT2D eigenvalue weighted by Gasteiger charge is -2.38. The van der Waals surface area contributed by atoms with E-state index in [1.165, 1.54) is 0 Å². The maximum atomic E-state index is 13.9. The zero-order valence-corrected chi connectivity index (χ0v) is 27.2. The number of hydrogen-bond acceptors (Lipinski definition) is 8. The maximum Gasteiger partial charge on any atom is 0.271 e. The number of likely N-dealkylation sites (tertiary alicyclic amines) is 1. The number of aromatic amines is 1. The highest BCUT2D eigenvalue weighted by Crippen LogP contribution is 2.33. The summed E-state index contributed by atoms with van der Waals surface area (Å²) in [5.74, 6) is 0.785. The fourth-order valence-electron chi connectivity index (χ4n) is 6.17. The van der Waals surface area contributed by atoms with E-state index in [0.29, 0.717) is 59.1 Å². The number of amides is 3. The summed E-state index contributed by atoms with van der Waals surface area (Å²) in [5, 5.41) is 23.4. The molecule has 2 atom stereocenters. The van der Waals surface area contributed by atoms with Gasteiger partial charge in [-0.1, -0.05) is 36.4 Å². The standard InChI is InChI=1S/C38H35N5O7/c1-48-34-14-11-25-18-29(34)24-5-4-6-27(17-24)49-22-36(45)39-20-23-9-12-26(13-10-23)50-35-15-16-43(21-32(35)40-37(25)46)38(47)31-19-30(41-42-31)28-7-2-3-8-33(28)44/h2-14,17-19,32,35,44H,15-16,20-22H2,1H3,(H,39,45)(H,40,46)(H,41,42)/t32-,35-/m1/s1. The van der Waals surface area contributed by atoms with Crippen molar-refractivity contribution < 1.29 is 33.7 Å². The third-order valence-corrected chi connectivity index (χ3v) is 8.82. The van der Waals surface area contributed by atoms with E-state index in [1.54, 1.807) is 72.7 Å². The van der Waals surface area contributed by atoms with Crippen LogP contribution in [0.5, 0.6) is 23.0 Å². The quantitative estimate of drug-likeness (QED) is 0.217. The molecule has 1 aromatic heterocycles. The van der Waals surface area contributed by atoms with Gasteiger partial charge in [0.2, 0.25) is 0 Å². The van der Waals surface area contributed by atoms with Gasteiger partial charge in [0.05, 0.1) is 18.8 Å². The first-order valence-electron chi connectivity index (χ1n) is 16.2. The molecule has 12 nitrogen and oxygen atoms in total. The van der Waals surface area contributed by atoms with E-state index in [0.717, 1.165) is 11.1 Å². The number of nitrogens with zero attached hydrogens (tertiary/aromatic N) is 2. The number of para-hydroxylation sites is 1. The number of benzene rings is 4. The molecule has 6 bridgehead atoms. The largest absolute Gasteiger partial charge is 0.507 e. The number of aromatic hydroxyl groups is 1. The molecule has 50 heavy (non-hydrogen) atoms. The topological polar surface area (TPSA) is 155 Å². The number of aromatic nitrogens is 2. The van der Waals surface area contributed by atoms with Crippen LogP contribution >= 0.6 is 0 Å². The molecule has 1 saturated heterocycles. The molecule has 0 spiro atoms. The molecule has 4 N–H and O–H groups in total. The van der Waals surface area contributed by atoms with Crippen molar-refractivity contribution >= 4 is 17.7 Å². The van der Waals surface area contributed by atoms with Crippen LogP contribution in [-0.4, -0.2) is 76.9 Å². The number of ether oxygens (including phenoxy) is 3. The number of methoxy groups -OCH3 is 1. The van der Waals surface area contributed by atoms with Crippen molar-refractivity contribution in [2.45, 2.75) is 25.1 Å². The van der Waals surface area contributed by atoms with Gasteiger partial charge < -0.3 is 34.9 Å². The molecule has 3 amide bonds. The predicted molar refractivity (Wildman–Crippen MR) is 184 cm³/mol. The van der Waals surface area contributed by atoms with Gasteiger partial charge >= 0.3 is 0 Å². The molecule has 12 heteroatoms. The number of rotatable bonds is 3. The molecule has 0 aliphatic carbocycles. The van der Waals surface area contributed by atoms with Crippen molar-refractivity contribution in [3.05, 3.63) is 114 Å². The number of H-pyrrole nitrogens is 1. The Balaban J connectivity index is 1.19. The number of carbonyl (C=O) groups is 3. The van der Waals surface area contributed by atoms with E-state index in [2.05, 4.69) is 20.8 Å². The third-order valence-electron chi connectivity index (χ3n) is 8.82. The first-order valence-corrected chi connectivity index (χ1v) is 16.2. The lowest BCUT2D eigenvalue weighted by Crippen LogP contribution is -2.58. The van der Waals surface area contributed by atoms with Gasteiger partial charge in [-0.05, 0) is 71.8 Å². The van der Waals surface area contributed by atoms with E-state index in [1.807, 2.05) is 36.4 Å². The first-order chi connectivity index (χ1) is 24.3. The van der Waals surface area contributed by atoms with Gasteiger partial charge in [-0.2, -0.15) is 5.10 Å². The number of carbonyl (C=O) groups excluding carboxylic acids is 3. The van der Waals surface area contributed by atoms with Crippen LogP contribution in [-0.2, 0) is 11.3 Å². The Morgan fingerprint density at radius 3 is 2.58 bits per heavy atom. The Morgan fingerprint density at radius 1 is 0.920 bits per heavy atom. The average molecular weight is 674 g/mol. The van der Waals surface area contributed by atoms with Crippen LogP contribution in [0.2, 0.25) is 0 Å². The summed E-state index contributed by atoms with van der Waals surface area (Å²) in [6.45, 7) is 0.693. The highest BCUT2D eigenvalue weighted by Gasteiger charge is 2.35. The number of fused-ring (bicyclic) bond motifs is 7. The summed E-state index contributed by atoms with van der Waals surface area (Å²) in [4.78, 5) is 41.9. The Kier molecular flexibility index (Phi) is 9.06. The van der Waals surface area contributed by atoms with Crippen molar-refractivity contribution in [1.82, 2.24) is 25.7 Å². The summed E-state index contributed by atoms with van der Waals surface area (Å²) < 4.78 is 17.8. The zero-order chi connectivity index (χ0) is 34.6. The highest BCUT2D eigenvalue weighted by atomic mass is 16.5. The second-order valence-electron chi connectivity index (χ2n) is 12.1. The molecule has 3 aliphatic heterocycles. The molecule has 4 aromatic carbocycles. The zero-order valence-electron chi connectivity index (χ0n) is 27.2. The summed E-state index contributed by atoms with van der Waals surface area (Å²) in [6, 6.07) is 27.6. The number of nitrogens with one attached hydrogen (secondary N) is 3. The van der Waals surface area contributed by atoms with E-state index in [-0.39, 0.29) is 42.3 Å². The molecule has 4 heterocycles. The van der Waals surface area contributed by atoms with Crippen molar-refractivity contribution in [2.24, 2.45) is 0 Å². The van der Waals surface area contributed by atoms with Crippen molar-refractivity contribution in [3.63, 3.8) is 0 Å². The van der Waals surface area contributed by atoms with Gasteiger partial charge in [-0.3, -0.25) is 19.5 Å². The van der Waals surface area contributed by atoms with Gasteiger partial charge in [-0.15, -0.1) is 0 Å². The Hall–Kier alpha value is -6.30. The van der Waals surface area contributed by atoms with Crippen LogP contribution in [0.1, 0.15) is 32.8 Å². The van der Waals surface area contributed by atoms with Gasteiger partial charge in [-0.25, -0.2) is 0 Å². The molecule has 254 valence electrons. The van der Waals surface area contributed by atoms with E-state index < -0.39 is 12.1 Å². The summed E-state index contributed by atoms with van der Waals surface area (Å²) in [7, 11) is 1.56. The smallest absolute Gasteiger partial charge is 0.271 e. The van der Waals surface area contributed by atoms with Crippen LogP contribution in [0.15, 0.2) is 97.1 Å². The van der Waals surface area contributed by atoms with Crippen LogP contribution < -0.4 is 24.8 Å². The van der Waals surface area contributed by atoms with E-state index >= 15 is 0 Å². The van der Waals surface area contributed by atoms with Gasteiger partial charge in [0.15, 0.2) is 6.61 Å². The molecule has 0 saturated carbocycles. The third kappa shape index (κ3) is 6.95. The first kappa shape index (κ1) is 32.3. The number of phenolic OH excluding ortho intramolecular Hbond substituents is 1. The van der Waals surface area contributed by atoms with Crippen LogP contribution in [0.4, 0.5) is 0 Å². The van der Waals surface area contributed by atoms with E-state index in [4.69, 9.17) is 14.2 Å². The Morgan fingerprint density at radius 2 is 1.76 bits per heavy atom. The minimum atomic E-state index is -0.576. The highest BCUT2D eigenvalue weighted by molar-refractivity contribution is 5.97. The molecule has 5 aromatic rings. The molecule has 3 aliphatic rings. The van der Waals surface area contributed by atoms with Crippen molar-refractivity contribution in [1.29, 1.82) is 0 Å². The van der Waals surface area contributed by atoms with Crippen molar-refractivity contribution in [3.8, 4) is 45.4 Å². The molecular formula is C38H35N5O7. The summed E-state index contributed by atoms with van der Waals surface area (Å²) in [6.07, 6.45) is -0.0143. The van der Waals surface area contributed by atoms with Crippen LogP contribution in [0.25, 0.3) is 22.4 Å². The minimum Gasteiger partial charge on any atom is -0.507 e.